The lowest BCUT2D eigenvalue weighted by molar-refractivity contribution is 0.0995. The van der Waals surface area contributed by atoms with Crippen molar-refractivity contribution in [3.8, 4) is 0 Å². The lowest BCUT2D eigenvalue weighted by Gasteiger charge is -2.34. The summed E-state index contributed by atoms with van der Waals surface area (Å²) in [7, 11) is 0. The molecule has 2 amide bonds. The SMILES string of the molecule is NC(=O)c1cn(C2CCN(c3ccc([C@H](N4CCOC4=O)n4ccnn4)cc3F)CC2)nn1. The molecule has 0 bridgehead atoms. The zero-order valence-corrected chi connectivity index (χ0v) is 17.6. The number of cyclic esters (lactones) is 1. The maximum Gasteiger partial charge on any atom is 0.411 e. The Morgan fingerprint density at radius 3 is 2.64 bits per heavy atom. The average molecular weight is 455 g/mol. The number of primary amides is 1. The smallest absolute Gasteiger partial charge is 0.411 e. The van der Waals surface area contributed by atoms with E-state index < -0.39 is 18.2 Å². The molecule has 172 valence electrons. The Morgan fingerprint density at radius 2 is 2.03 bits per heavy atom. The molecule has 2 saturated heterocycles. The van der Waals surface area contributed by atoms with Gasteiger partial charge in [-0.1, -0.05) is 16.5 Å². The molecule has 2 aliphatic rings. The maximum absolute atomic E-state index is 15.2. The Bertz CT molecular complexity index is 1160. The van der Waals surface area contributed by atoms with Crippen molar-refractivity contribution in [2.24, 2.45) is 5.73 Å². The van der Waals surface area contributed by atoms with Gasteiger partial charge in [-0.25, -0.2) is 18.5 Å². The highest BCUT2D eigenvalue weighted by molar-refractivity contribution is 5.90. The molecule has 33 heavy (non-hydrogen) atoms. The third kappa shape index (κ3) is 3.97. The highest BCUT2D eigenvalue weighted by Crippen LogP contribution is 2.32. The summed E-state index contributed by atoms with van der Waals surface area (Å²) in [5.41, 5.74) is 6.42. The number of nitrogens with two attached hydrogens (primary N) is 1. The van der Waals surface area contributed by atoms with Crippen molar-refractivity contribution in [3.63, 3.8) is 0 Å². The van der Waals surface area contributed by atoms with Crippen molar-refractivity contribution in [2.75, 3.05) is 31.1 Å². The van der Waals surface area contributed by atoms with Gasteiger partial charge in [0.15, 0.2) is 11.9 Å². The quantitative estimate of drug-likeness (QED) is 0.580. The van der Waals surface area contributed by atoms with Gasteiger partial charge in [-0.05, 0) is 30.5 Å². The van der Waals surface area contributed by atoms with Gasteiger partial charge in [-0.15, -0.1) is 10.2 Å². The third-order valence-electron chi connectivity index (χ3n) is 5.99. The Morgan fingerprint density at radius 1 is 1.21 bits per heavy atom. The van der Waals surface area contributed by atoms with E-state index in [4.69, 9.17) is 10.5 Å². The predicted octanol–water partition coefficient (Wildman–Crippen LogP) is 0.948. The van der Waals surface area contributed by atoms with Crippen molar-refractivity contribution in [3.05, 3.63) is 53.9 Å². The van der Waals surface area contributed by atoms with E-state index >= 15 is 4.39 Å². The number of hydrogen-bond acceptors (Lipinski definition) is 8. The summed E-state index contributed by atoms with van der Waals surface area (Å²) < 4.78 is 23.4. The Balaban J connectivity index is 1.32. The number of carbonyl (C=O) groups excluding carboxylic acids is 2. The standard InChI is InChI=1S/C20H22FN9O3/c21-15-11-13(19(29-8-5-23-25-29)28-9-10-33-20(28)32)1-2-17(15)27-6-3-14(4-7-27)30-12-16(18(22)31)24-26-30/h1-2,5,8,11-12,14,19H,3-4,6-7,9-10H2,(H2,22,31)/t19-/m1/s1. The van der Waals surface area contributed by atoms with E-state index in [1.807, 2.05) is 4.90 Å². The second-order valence-corrected chi connectivity index (χ2v) is 7.94. The molecule has 2 N–H and O–H groups in total. The van der Waals surface area contributed by atoms with E-state index in [1.54, 1.807) is 29.2 Å². The second-order valence-electron chi connectivity index (χ2n) is 7.94. The fraction of sp³-hybridized carbons (Fsp3) is 0.400. The van der Waals surface area contributed by atoms with Gasteiger partial charge in [0.2, 0.25) is 0 Å². The van der Waals surface area contributed by atoms with Crippen LogP contribution in [0.25, 0.3) is 0 Å². The number of aromatic nitrogens is 6. The molecule has 0 saturated carbocycles. The molecule has 3 aromatic rings. The van der Waals surface area contributed by atoms with Crippen LogP contribution >= 0.6 is 0 Å². The number of ether oxygens (including phenoxy) is 1. The molecule has 12 nitrogen and oxygen atoms in total. The fourth-order valence-electron chi connectivity index (χ4n) is 4.33. The summed E-state index contributed by atoms with van der Waals surface area (Å²) in [6, 6.07) is 4.99. The minimum absolute atomic E-state index is 0.0575. The van der Waals surface area contributed by atoms with Crippen molar-refractivity contribution in [1.82, 2.24) is 34.9 Å². The molecule has 0 radical (unpaired) electrons. The topological polar surface area (TPSA) is 137 Å². The van der Waals surface area contributed by atoms with E-state index in [2.05, 4.69) is 20.6 Å². The number of anilines is 1. The molecule has 0 unspecified atom stereocenters. The van der Waals surface area contributed by atoms with Gasteiger partial charge in [-0.3, -0.25) is 9.69 Å². The summed E-state index contributed by atoms with van der Waals surface area (Å²) in [6.45, 7) is 1.86. The lowest BCUT2D eigenvalue weighted by atomic mass is 10.0. The normalized spacial score (nSPS) is 17.9. The lowest BCUT2D eigenvalue weighted by Crippen LogP contribution is -2.36. The van der Waals surface area contributed by atoms with Crippen LogP contribution in [0, 0.1) is 5.82 Å². The average Bonchev–Trinajstić information content (AvgIpc) is 3.58. The first-order valence-electron chi connectivity index (χ1n) is 10.6. The molecule has 2 aliphatic heterocycles. The third-order valence-corrected chi connectivity index (χ3v) is 5.99. The predicted molar refractivity (Wildman–Crippen MR) is 112 cm³/mol. The van der Waals surface area contributed by atoms with Gasteiger partial charge in [0, 0.05) is 19.3 Å². The van der Waals surface area contributed by atoms with Crippen molar-refractivity contribution in [2.45, 2.75) is 25.0 Å². The molecule has 0 aliphatic carbocycles. The maximum atomic E-state index is 15.2. The summed E-state index contributed by atoms with van der Waals surface area (Å²) in [5, 5.41) is 15.6. The van der Waals surface area contributed by atoms with Crippen molar-refractivity contribution < 1.29 is 18.7 Å². The van der Waals surface area contributed by atoms with E-state index in [9.17, 15) is 9.59 Å². The number of piperidine rings is 1. The van der Waals surface area contributed by atoms with Gasteiger partial charge in [0.1, 0.15) is 12.4 Å². The zero-order chi connectivity index (χ0) is 22.9. The molecular formula is C20H22FN9O3. The van der Waals surface area contributed by atoms with Crippen LogP contribution in [0.5, 0.6) is 0 Å². The van der Waals surface area contributed by atoms with Gasteiger partial charge in [0.25, 0.3) is 5.91 Å². The van der Waals surface area contributed by atoms with Crippen LogP contribution < -0.4 is 10.6 Å². The highest BCUT2D eigenvalue weighted by Gasteiger charge is 2.33. The van der Waals surface area contributed by atoms with Crippen molar-refractivity contribution >= 4 is 17.7 Å². The Labute approximate surface area is 187 Å². The first-order valence-corrected chi connectivity index (χ1v) is 10.6. The molecular weight excluding hydrogens is 433 g/mol. The fourth-order valence-corrected chi connectivity index (χ4v) is 4.33. The first kappa shape index (κ1) is 20.8. The molecule has 2 aromatic heterocycles. The van der Waals surface area contributed by atoms with Gasteiger partial charge in [0.05, 0.1) is 30.7 Å². The number of hydrogen-bond donors (Lipinski definition) is 1. The number of amides is 2. The number of carbonyl (C=O) groups is 2. The monoisotopic (exact) mass is 455 g/mol. The van der Waals surface area contributed by atoms with Crippen LogP contribution in [-0.2, 0) is 4.74 Å². The minimum atomic E-state index is -0.649. The Hall–Kier alpha value is -4.03. The molecule has 0 spiro atoms. The van der Waals surface area contributed by atoms with Gasteiger partial charge in [-0.2, -0.15) is 0 Å². The molecule has 13 heteroatoms. The summed E-state index contributed by atoms with van der Waals surface area (Å²) >= 11 is 0. The van der Waals surface area contributed by atoms with Crippen LogP contribution in [0.2, 0.25) is 0 Å². The zero-order valence-electron chi connectivity index (χ0n) is 17.6. The number of nitrogens with zero attached hydrogens (tertiary/aromatic N) is 8. The first-order chi connectivity index (χ1) is 16.0. The minimum Gasteiger partial charge on any atom is -0.447 e. The van der Waals surface area contributed by atoms with E-state index in [0.29, 0.717) is 43.7 Å². The van der Waals surface area contributed by atoms with Crippen LogP contribution in [0.4, 0.5) is 14.9 Å². The van der Waals surface area contributed by atoms with E-state index in [-0.39, 0.29) is 24.2 Å². The molecule has 4 heterocycles. The van der Waals surface area contributed by atoms with Crippen LogP contribution in [0.1, 0.15) is 41.1 Å². The molecule has 1 aromatic carbocycles. The van der Waals surface area contributed by atoms with E-state index in [1.165, 1.54) is 21.8 Å². The number of halogens is 1. The summed E-state index contributed by atoms with van der Waals surface area (Å²) in [5.74, 6) is -1.01. The van der Waals surface area contributed by atoms with Crippen LogP contribution in [-0.4, -0.2) is 73.1 Å². The summed E-state index contributed by atoms with van der Waals surface area (Å²) in [4.78, 5) is 26.9. The molecule has 2 fully saturated rings. The van der Waals surface area contributed by atoms with Gasteiger partial charge >= 0.3 is 6.09 Å². The number of rotatable bonds is 6. The molecule has 5 rings (SSSR count). The van der Waals surface area contributed by atoms with E-state index in [0.717, 1.165) is 0 Å². The largest absolute Gasteiger partial charge is 0.447 e. The molecule has 1 atom stereocenters. The van der Waals surface area contributed by atoms with Gasteiger partial charge < -0.3 is 15.4 Å². The van der Waals surface area contributed by atoms with Crippen molar-refractivity contribution in [1.29, 1.82) is 0 Å². The highest BCUT2D eigenvalue weighted by atomic mass is 19.1. The second kappa shape index (κ2) is 8.48. The Kier molecular flexibility index (Phi) is 5.36. The number of benzene rings is 1. The van der Waals surface area contributed by atoms with Crippen LogP contribution in [0.3, 0.4) is 0 Å². The van der Waals surface area contributed by atoms with Crippen LogP contribution in [0.15, 0.2) is 36.8 Å². The summed E-state index contributed by atoms with van der Waals surface area (Å²) in [6.07, 6.45) is 4.98.